The molecule has 0 unspecified atom stereocenters. The molecule has 3 heteroatoms. The van der Waals surface area contributed by atoms with Crippen molar-refractivity contribution in [3.05, 3.63) is 23.8 Å². The minimum atomic E-state index is 0.422. The lowest BCUT2D eigenvalue weighted by Gasteiger charge is -2.03. The summed E-state index contributed by atoms with van der Waals surface area (Å²) in [6.45, 7) is 0. The van der Waals surface area contributed by atoms with Crippen LogP contribution in [0.2, 0.25) is 0 Å². The second-order valence-electron chi connectivity index (χ2n) is 2.20. The van der Waals surface area contributed by atoms with Crippen molar-refractivity contribution >= 4 is 6.29 Å². The Morgan fingerprint density at radius 1 is 1.08 bits per heavy atom. The van der Waals surface area contributed by atoms with Gasteiger partial charge in [0.05, 0.1) is 14.2 Å². The van der Waals surface area contributed by atoms with Gasteiger partial charge in [-0.3, -0.25) is 4.79 Å². The highest BCUT2D eigenvalue weighted by atomic mass is 16.5. The molecule has 0 aromatic heterocycles. The maximum Gasteiger partial charge on any atom is 0.233 e. The second kappa shape index (κ2) is 3.76. The molecule has 3 nitrogen and oxygen atoms in total. The molecule has 12 heavy (non-hydrogen) atoms. The van der Waals surface area contributed by atoms with E-state index < -0.39 is 0 Å². The van der Waals surface area contributed by atoms with Gasteiger partial charge in [0.15, 0.2) is 0 Å². The van der Waals surface area contributed by atoms with Crippen molar-refractivity contribution in [1.29, 1.82) is 0 Å². The van der Waals surface area contributed by atoms with Gasteiger partial charge in [-0.05, 0) is 12.1 Å². The van der Waals surface area contributed by atoms with Crippen molar-refractivity contribution in [1.82, 2.24) is 0 Å². The monoisotopic (exact) mass is 165 g/mol. The molecule has 1 aromatic carbocycles. The van der Waals surface area contributed by atoms with Gasteiger partial charge in [-0.15, -0.1) is 0 Å². The van der Waals surface area contributed by atoms with Crippen molar-refractivity contribution < 1.29 is 14.3 Å². The molecule has 0 aliphatic rings. The summed E-state index contributed by atoms with van der Waals surface area (Å²) in [6, 6.07) is 4.88. The Balaban J connectivity index is 3.09. The summed E-state index contributed by atoms with van der Waals surface area (Å²) in [6.07, 6.45) is 1.77. The fourth-order valence-corrected chi connectivity index (χ4v) is 0.866. The fourth-order valence-electron chi connectivity index (χ4n) is 0.866. The van der Waals surface area contributed by atoms with Crippen LogP contribution in [0.5, 0.6) is 11.5 Å². The molecule has 0 amide bonds. The molecule has 1 aromatic rings. The van der Waals surface area contributed by atoms with Gasteiger partial charge in [0.1, 0.15) is 11.5 Å². The third-order valence-electron chi connectivity index (χ3n) is 1.47. The number of hydrogen-bond acceptors (Lipinski definition) is 3. The lowest BCUT2D eigenvalue weighted by Crippen LogP contribution is -1.89. The standard InChI is InChI=1S/C9H9O3/c1-11-8-3-7(6-10)4-9(5-8)12-2/h3-5H,1-2H3. The van der Waals surface area contributed by atoms with Crippen LogP contribution in [0.1, 0.15) is 5.56 Å². The smallest absolute Gasteiger partial charge is 0.233 e. The van der Waals surface area contributed by atoms with Gasteiger partial charge in [0.25, 0.3) is 0 Å². The van der Waals surface area contributed by atoms with Crippen molar-refractivity contribution in [2.45, 2.75) is 0 Å². The predicted molar refractivity (Wildman–Crippen MR) is 44.3 cm³/mol. The van der Waals surface area contributed by atoms with E-state index in [0.29, 0.717) is 17.1 Å². The first-order valence-electron chi connectivity index (χ1n) is 3.41. The van der Waals surface area contributed by atoms with Gasteiger partial charge in [0, 0.05) is 11.6 Å². The molecule has 1 radical (unpaired) electrons. The third kappa shape index (κ3) is 1.75. The van der Waals surface area contributed by atoms with Crippen LogP contribution in [0, 0.1) is 0 Å². The zero-order valence-electron chi connectivity index (χ0n) is 6.96. The van der Waals surface area contributed by atoms with E-state index in [-0.39, 0.29) is 0 Å². The number of ether oxygens (including phenoxy) is 2. The molecule has 0 aliphatic carbocycles. The highest BCUT2D eigenvalue weighted by Crippen LogP contribution is 2.20. The van der Waals surface area contributed by atoms with Crippen LogP contribution in [0.25, 0.3) is 0 Å². The third-order valence-corrected chi connectivity index (χ3v) is 1.47. The SMILES string of the molecule is COc1cc([C]=O)cc(OC)c1. The van der Waals surface area contributed by atoms with E-state index in [2.05, 4.69) is 0 Å². The summed E-state index contributed by atoms with van der Waals surface area (Å²) in [5.74, 6) is 1.18. The van der Waals surface area contributed by atoms with Crippen LogP contribution in [0.4, 0.5) is 0 Å². The van der Waals surface area contributed by atoms with Gasteiger partial charge in [-0.25, -0.2) is 0 Å². The van der Waals surface area contributed by atoms with Gasteiger partial charge >= 0.3 is 0 Å². The Kier molecular flexibility index (Phi) is 2.69. The maximum absolute atomic E-state index is 10.3. The van der Waals surface area contributed by atoms with Gasteiger partial charge in [0.2, 0.25) is 6.29 Å². The summed E-state index contributed by atoms with van der Waals surface area (Å²) in [5, 5.41) is 0. The summed E-state index contributed by atoms with van der Waals surface area (Å²) >= 11 is 0. The quantitative estimate of drug-likeness (QED) is 0.674. The zero-order chi connectivity index (χ0) is 8.97. The molecule has 0 fully saturated rings. The van der Waals surface area contributed by atoms with Crippen LogP contribution < -0.4 is 9.47 Å². The number of hydrogen-bond donors (Lipinski definition) is 0. The van der Waals surface area contributed by atoms with E-state index >= 15 is 0 Å². The minimum Gasteiger partial charge on any atom is -0.497 e. The Bertz CT molecular complexity index is 259. The average Bonchev–Trinajstić information content (AvgIpc) is 2.16. The first-order valence-corrected chi connectivity index (χ1v) is 3.41. The van der Waals surface area contributed by atoms with Crippen molar-refractivity contribution in [2.24, 2.45) is 0 Å². The predicted octanol–water partition coefficient (Wildman–Crippen LogP) is 1.16. The molecule has 0 saturated carbocycles. The molecule has 0 heterocycles. The van der Waals surface area contributed by atoms with Gasteiger partial charge < -0.3 is 9.47 Å². The Hall–Kier alpha value is -1.51. The summed E-state index contributed by atoms with van der Waals surface area (Å²) in [5.41, 5.74) is 0.422. The number of rotatable bonds is 3. The fraction of sp³-hybridized carbons (Fsp3) is 0.222. The van der Waals surface area contributed by atoms with E-state index in [0.717, 1.165) is 0 Å². The molecule has 0 saturated heterocycles. The molecular weight excluding hydrogens is 156 g/mol. The number of benzene rings is 1. The Labute approximate surface area is 70.9 Å². The molecule has 0 aliphatic heterocycles. The first-order chi connectivity index (χ1) is 5.80. The van der Waals surface area contributed by atoms with E-state index in [4.69, 9.17) is 9.47 Å². The lowest BCUT2D eigenvalue weighted by molar-refractivity contribution is 0.394. The average molecular weight is 165 g/mol. The van der Waals surface area contributed by atoms with E-state index in [1.54, 1.807) is 24.5 Å². The van der Waals surface area contributed by atoms with Crippen LogP contribution in [-0.2, 0) is 4.79 Å². The lowest BCUT2D eigenvalue weighted by atomic mass is 10.2. The van der Waals surface area contributed by atoms with Crippen LogP contribution in [-0.4, -0.2) is 20.5 Å². The van der Waals surface area contributed by atoms with Crippen LogP contribution >= 0.6 is 0 Å². The van der Waals surface area contributed by atoms with E-state index in [9.17, 15) is 4.79 Å². The molecule has 0 N–H and O–H groups in total. The minimum absolute atomic E-state index is 0.422. The number of methoxy groups -OCH3 is 2. The van der Waals surface area contributed by atoms with Crippen molar-refractivity contribution in [2.75, 3.05) is 14.2 Å². The van der Waals surface area contributed by atoms with Crippen molar-refractivity contribution in [3.63, 3.8) is 0 Å². The van der Waals surface area contributed by atoms with Gasteiger partial charge in [-0.1, -0.05) is 0 Å². The highest BCUT2D eigenvalue weighted by Gasteiger charge is 2.00. The van der Waals surface area contributed by atoms with Crippen LogP contribution in [0.3, 0.4) is 0 Å². The Morgan fingerprint density at radius 3 is 1.92 bits per heavy atom. The largest absolute Gasteiger partial charge is 0.497 e. The van der Waals surface area contributed by atoms with E-state index in [1.807, 2.05) is 0 Å². The van der Waals surface area contributed by atoms with Crippen molar-refractivity contribution in [3.8, 4) is 11.5 Å². The highest BCUT2D eigenvalue weighted by molar-refractivity contribution is 5.77. The molecule has 0 bridgehead atoms. The normalized spacial score (nSPS) is 9.17. The topological polar surface area (TPSA) is 35.5 Å². The summed E-state index contributed by atoms with van der Waals surface area (Å²) in [7, 11) is 3.06. The molecule has 0 atom stereocenters. The molecule has 63 valence electrons. The van der Waals surface area contributed by atoms with Crippen LogP contribution in [0.15, 0.2) is 18.2 Å². The van der Waals surface area contributed by atoms with E-state index in [1.165, 1.54) is 14.2 Å². The summed E-state index contributed by atoms with van der Waals surface area (Å²) < 4.78 is 9.88. The molecular formula is C9H9O3. The molecule has 1 rings (SSSR count). The number of carbonyl (C=O) groups excluding carboxylic acids is 1. The second-order valence-corrected chi connectivity index (χ2v) is 2.20. The summed E-state index contributed by atoms with van der Waals surface area (Å²) in [4.78, 5) is 10.3. The first kappa shape index (κ1) is 8.59. The zero-order valence-corrected chi connectivity index (χ0v) is 6.96. The Morgan fingerprint density at radius 2 is 1.58 bits per heavy atom. The maximum atomic E-state index is 10.3. The molecule has 0 spiro atoms. The van der Waals surface area contributed by atoms with Gasteiger partial charge in [-0.2, -0.15) is 0 Å².